The van der Waals surface area contributed by atoms with Gasteiger partial charge in [-0.2, -0.15) is 0 Å². The Morgan fingerprint density at radius 1 is 1.24 bits per heavy atom. The fraction of sp³-hybridized carbons (Fsp3) is 0.0909. The van der Waals surface area contributed by atoms with Crippen LogP contribution in [0.15, 0.2) is 46.0 Å². The predicted molar refractivity (Wildman–Crippen MR) is 59.7 cm³/mol. The SMILES string of the molecule is O=c1cc(O)n(OCc2ccccc2)c(=O)[nH]1. The first-order valence-corrected chi connectivity index (χ1v) is 4.89. The summed E-state index contributed by atoms with van der Waals surface area (Å²) in [5.41, 5.74) is -0.650. The van der Waals surface area contributed by atoms with E-state index < -0.39 is 17.1 Å². The van der Waals surface area contributed by atoms with Crippen LogP contribution in [0.5, 0.6) is 5.88 Å². The Morgan fingerprint density at radius 2 is 1.94 bits per heavy atom. The Morgan fingerprint density at radius 3 is 2.59 bits per heavy atom. The van der Waals surface area contributed by atoms with E-state index in [4.69, 9.17) is 4.84 Å². The van der Waals surface area contributed by atoms with E-state index in [-0.39, 0.29) is 6.61 Å². The Bertz CT molecular complexity index is 615. The van der Waals surface area contributed by atoms with Crippen molar-refractivity contribution < 1.29 is 9.94 Å². The monoisotopic (exact) mass is 234 g/mol. The Balaban J connectivity index is 2.21. The topological polar surface area (TPSA) is 84.3 Å². The summed E-state index contributed by atoms with van der Waals surface area (Å²) < 4.78 is 0.633. The van der Waals surface area contributed by atoms with E-state index in [9.17, 15) is 14.7 Å². The smallest absolute Gasteiger partial charge is 0.364 e. The molecular formula is C11H10N2O4. The molecule has 0 saturated carbocycles. The zero-order valence-electron chi connectivity index (χ0n) is 8.79. The molecule has 17 heavy (non-hydrogen) atoms. The number of aromatic nitrogens is 2. The number of benzene rings is 1. The maximum absolute atomic E-state index is 11.3. The van der Waals surface area contributed by atoms with E-state index in [1.807, 2.05) is 35.3 Å². The largest absolute Gasteiger partial charge is 0.492 e. The minimum Gasteiger partial charge on any atom is -0.492 e. The molecule has 0 unspecified atom stereocenters. The fourth-order valence-electron chi connectivity index (χ4n) is 1.31. The molecule has 1 aromatic carbocycles. The molecule has 0 aliphatic carbocycles. The van der Waals surface area contributed by atoms with Gasteiger partial charge in [-0.1, -0.05) is 35.1 Å². The molecule has 2 rings (SSSR count). The molecule has 0 radical (unpaired) electrons. The summed E-state index contributed by atoms with van der Waals surface area (Å²) in [5.74, 6) is -0.533. The maximum Gasteiger partial charge on any atom is 0.364 e. The third-order valence-electron chi connectivity index (χ3n) is 2.09. The van der Waals surface area contributed by atoms with E-state index in [1.165, 1.54) is 0 Å². The summed E-state index contributed by atoms with van der Waals surface area (Å²) in [5, 5.41) is 9.37. The number of nitrogens with one attached hydrogen (secondary N) is 1. The van der Waals surface area contributed by atoms with Crippen molar-refractivity contribution in [3.05, 3.63) is 62.8 Å². The number of rotatable bonds is 3. The van der Waals surface area contributed by atoms with Crippen molar-refractivity contribution >= 4 is 0 Å². The van der Waals surface area contributed by atoms with Crippen LogP contribution >= 0.6 is 0 Å². The van der Waals surface area contributed by atoms with Crippen LogP contribution in [-0.2, 0) is 6.61 Å². The standard InChI is InChI=1S/C11H10N2O4/c14-9-6-10(15)13(11(16)12-9)17-7-8-4-2-1-3-5-8/h1-6,15H,7H2,(H,12,14,16). The highest BCUT2D eigenvalue weighted by atomic mass is 16.7. The predicted octanol–water partition coefficient (Wildman–Crippen LogP) is -0.129. The van der Waals surface area contributed by atoms with Crippen molar-refractivity contribution in [3.8, 4) is 5.88 Å². The van der Waals surface area contributed by atoms with Crippen LogP contribution in [0.3, 0.4) is 0 Å². The van der Waals surface area contributed by atoms with Crippen molar-refractivity contribution in [2.24, 2.45) is 0 Å². The molecule has 0 aliphatic heterocycles. The van der Waals surface area contributed by atoms with Crippen LogP contribution in [0.2, 0.25) is 0 Å². The lowest BCUT2D eigenvalue weighted by atomic mass is 10.2. The minimum atomic E-state index is -0.814. The molecule has 6 heteroatoms. The van der Waals surface area contributed by atoms with Crippen LogP contribution in [-0.4, -0.2) is 14.8 Å². The number of aromatic amines is 1. The molecular weight excluding hydrogens is 224 g/mol. The molecule has 6 nitrogen and oxygen atoms in total. The van der Waals surface area contributed by atoms with Crippen molar-refractivity contribution in [2.75, 3.05) is 0 Å². The summed E-state index contributed by atoms with van der Waals surface area (Å²) in [6, 6.07) is 10.0. The molecule has 0 amide bonds. The van der Waals surface area contributed by atoms with Crippen LogP contribution in [0.4, 0.5) is 0 Å². The Labute approximate surface area is 95.7 Å². The van der Waals surface area contributed by atoms with Gasteiger partial charge in [-0.15, -0.1) is 0 Å². The first-order valence-electron chi connectivity index (χ1n) is 4.89. The van der Waals surface area contributed by atoms with Gasteiger partial charge in [0.15, 0.2) is 0 Å². The summed E-state index contributed by atoms with van der Waals surface area (Å²) in [6.07, 6.45) is 0. The highest BCUT2D eigenvalue weighted by Crippen LogP contribution is 2.01. The number of nitrogens with zero attached hydrogens (tertiary/aromatic N) is 1. The van der Waals surface area contributed by atoms with Gasteiger partial charge in [0.1, 0.15) is 6.61 Å². The van der Waals surface area contributed by atoms with Crippen LogP contribution in [0.25, 0.3) is 0 Å². The highest BCUT2D eigenvalue weighted by Gasteiger charge is 2.05. The van der Waals surface area contributed by atoms with Gasteiger partial charge in [0.2, 0.25) is 5.88 Å². The summed E-state index contributed by atoms with van der Waals surface area (Å²) >= 11 is 0. The van der Waals surface area contributed by atoms with E-state index in [0.29, 0.717) is 4.73 Å². The maximum atomic E-state index is 11.3. The lowest BCUT2D eigenvalue weighted by molar-refractivity contribution is 0.0674. The molecule has 0 spiro atoms. The van der Waals surface area contributed by atoms with Gasteiger partial charge in [0.05, 0.1) is 6.07 Å². The average molecular weight is 234 g/mol. The molecule has 0 aliphatic rings. The summed E-state index contributed by atoms with van der Waals surface area (Å²) in [6.45, 7) is 0.111. The second-order valence-corrected chi connectivity index (χ2v) is 3.35. The fourth-order valence-corrected chi connectivity index (χ4v) is 1.31. The van der Waals surface area contributed by atoms with Gasteiger partial charge in [-0.25, -0.2) is 4.79 Å². The molecule has 0 bridgehead atoms. The van der Waals surface area contributed by atoms with Gasteiger partial charge in [0.25, 0.3) is 5.56 Å². The third-order valence-corrected chi connectivity index (χ3v) is 2.09. The minimum absolute atomic E-state index is 0.111. The van der Waals surface area contributed by atoms with Crippen molar-refractivity contribution in [1.82, 2.24) is 9.71 Å². The number of hydrogen-bond donors (Lipinski definition) is 2. The Kier molecular flexibility index (Phi) is 2.95. The van der Waals surface area contributed by atoms with Gasteiger partial charge < -0.3 is 9.94 Å². The van der Waals surface area contributed by atoms with Crippen LogP contribution in [0, 0.1) is 0 Å². The number of H-pyrrole nitrogens is 1. The average Bonchev–Trinajstić information content (AvgIpc) is 2.29. The molecule has 2 aromatic rings. The zero-order chi connectivity index (χ0) is 12.3. The van der Waals surface area contributed by atoms with E-state index in [2.05, 4.69) is 0 Å². The highest BCUT2D eigenvalue weighted by molar-refractivity contribution is 5.13. The normalized spacial score (nSPS) is 10.1. The van der Waals surface area contributed by atoms with Gasteiger partial charge in [-0.3, -0.25) is 9.78 Å². The molecule has 88 valence electrons. The molecule has 1 heterocycles. The summed E-state index contributed by atoms with van der Waals surface area (Å²) in [4.78, 5) is 29.2. The second-order valence-electron chi connectivity index (χ2n) is 3.35. The molecule has 1 aromatic heterocycles. The van der Waals surface area contributed by atoms with Crippen LogP contribution in [0.1, 0.15) is 5.56 Å². The second kappa shape index (κ2) is 4.56. The van der Waals surface area contributed by atoms with E-state index in [0.717, 1.165) is 11.6 Å². The quantitative estimate of drug-likeness (QED) is 0.774. The number of hydrogen-bond acceptors (Lipinski definition) is 4. The first kappa shape index (κ1) is 11.0. The summed E-state index contributed by atoms with van der Waals surface area (Å²) in [7, 11) is 0. The van der Waals surface area contributed by atoms with Crippen molar-refractivity contribution in [3.63, 3.8) is 0 Å². The van der Waals surface area contributed by atoms with Gasteiger partial charge in [0, 0.05) is 0 Å². The van der Waals surface area contributed by atoms with Gasteiger partial charge >= 0.3 is 5.69 Å². The van der Waals surface area contributed by atoms with Gasteiger partial charge in [-0.05, 0) is 5.56 Å². The van der Waals surface area contributed by atoms with Crippen LogP contribution < -0.4 is 16.1 Å². The number of aromatic hydroxyl groups is 1. The van der Waals surface area contributed by atoms with E-state index >= 15 is 0 Å². The molecule has 0 fully saturated rings. The van der Waals surface area contributed by atoms with Crippen molar-refractivity contribution in [1.29, 1.82) is 0 Å². The lowest BCUT2D eigenvalue weighted by Gasteiger charge is -2.08. The Hall–Kier alpha value is -2.50. The lowest BCUT2D eigenvalue weighted by Crippen LogP contribution is -2.33. The molecule has 0 saturated heterocycles. The van der Waals surface area contributed by atoms with Crippen molar-refractivity contribution in [2.45, 2.75) is 6.61 Å². The third kappa shape index (κ3) is 2.54. The zero-order valence-corrected chi connectivity index (χ0v) is 8.79. The molecule has 0 atom stereocenters. The molecule has 2 N–H and O–H groups in total. The first-order chi connectivity index (χ1) is 8.16. The van der Waals surface area contributed by atoms with E-state index in [1.54, 1.807) is 0 Å².